The zero-order valence-electron chi connectivity index (χ0n) is 9.00. The lowest BCUT2D eigenvalue weighted by Crippen LogP contribution is -2.27. The summed E-state index contributed by atoms with van der Waals surface area (Å²) < 4.78 is 0. The van der Waals surface area contributed by atoms with E-state index in [0.717, 1.165) is 23.7 Å². The summed E-state index contributed by atoms with van der Waals surface area (Å²) in [4.78, 5) is 0. The van der Waals surface area contributed by atoms with E-state index in [0.29, 0.717) is 0 Å². The average molecular weight is 178 g/mol. The van der Waals surface area contributed by atoms with Gasteiger partial charge in [0.2, 0.25) is 0 Å². The summed E-state index contributed by atoms with van der Waals surface area (Å²) in [6.07, 6.45) is 7.72. The third-order valence-corrected chi connectivity index (χ3v) is 5.55. The van der Waals surface area contributed by atoms with Gasteiger partial charge in [-0.2, -0.15) is 0 Å². The van der Waals surface area contributed by atoms with Gasteiger partial charge in [-0.15, -0.1) is 0 Å². The fourth-order valence-electron chi connectivity index (χ4n) is 5.15. The molecule has 3 rings (SSSR count). The molecule has 0 nitrogen and oxygen atoms in total. The molecular formula is C13H22. The van der Waals surface area contributed by atoms with Crippen LogP contribution in [0.2, 0.25) is 0 Å². The van der Waals surface area contributed by atoms with Crippen LogP contribution in [0.15, 0.2) is 0 Å². The Hall–Kier alpha value is 0. The molecule has 0 spiro atoms. The normalized spacial score (nSPS) is 57.7. The van der Waals surface area contributed by atoms with Crippen LogP contribution in [-0.2, 0) is 0 Å². The number of hydrogen-bond acceptors (Lipinski definition) is 0. The molecule has 3 saturated carbocycles. The highest BCUT2D eigenvalue weighted by molar-refractivity contribution is 5.07. The van der Waals surface area contributed by atoms with Crippen molar-refractivity contribution in [3.8, 4) is 0 Å². The average Bonchev–Trinajstić information content (AvgIpc) is 2.68. The van der Waals surface area contributed by atoms with Crippen LogP contribution < -0.4 is 0 Å². The Balaban J connectivity index is 1.85. The molecule has 6 atom stereocenters. The van der Waals surface area contributed by atoms with Crippen molar-refractivity contribution in [2.24, 2.45) is 35.5 Å². The minimum Gasteiger partial charge on any atom is -0.0654 e. The Morgan fingerprint density at radius 3 is 2.54 bits per heavy atom. The molecule has 2 bridgehead atoms. The van der Waals surface area contributed by atoms with E-state index in [2.05, 4.69) is 13.8 Å². The largest absolute Gasteiger partial charge is 0.0654 e. The van der Waals surface area contributed by atoms with Gasteiger partial charge in [0.25, 0.3) is 0 Å². The summed E-state index contributed by atoms with van der Waals surface area (Å²) in [5, 5.41) is 0. The summed E-state index contributed by atoms with van der Waals surface area (Å²) in [5.74, 6) is 6.87. The van der Waals surface area contributed by atoms with E-state index in [1.54, 1.807) is 19.3 Å². The third-order valence-electron chi connectivity index (χ3n) is 5.55. The first kappa shape index (κ1) is 8.32. The molecule has 0 aliphatic heterocycles. The molecule has 0 amide bonds. The molecule has 0 heterocycles. The second-order valence-electron chi connectivity index (χ2n) is 5.78. The maximum Gasteiger partial charge on any atom is -0.0349 e. The third kappa shape index (κ3) is 0.926. The van der Waals surface area contributed by atoms with E-state index < -0.39 is 0 Å². The first-order valence-corrected chi connectivity index (χ1v) is 6.33. The van der Waals surface area contributed by atoms with Gasteiger partial charge in [0.1, 0.15) is 0 Å². The van der Waals surface area contributed by atoms with Gasteiger partial charge in [0.05, 0.1) is 0 Å². The smallest absolute Gasteiger partial charge is 0.0349 e. The highest BCUT2D eigenvalue weighted by Gasteiger charge is 2.58. The summed E-state index contributed by atoms with van der Waals surface area (Å²) in [6.45, 7) is 4.91. The van der Waals surface area contributed by atoms with Crippen LogP contribution >= 0.6 is 0 Å². The number of hydrogen-bond donors (Lipinski definition) is 0. The van der Waals surface area contributed by atoms with Crippen molar-refractivity contribution < 1.29 is 0 Å². The molecule has 3 fully saturated rings. The first-order chi connectivity index (χ1) is 6.33. The highest BCUT2D eigenvalue weighted by Crippen LogP contribution is 2.65. The highest BCUT2D eigenvalue weighted by atomic mass is 14.6. The van der Waals surface area contributed by atoms with Crippen LogP contribution in [0.5, 0.6) is 0 Å². The topological polar surface area (TPSA) is 0 Å². The van der Waals surface area contributed by atoms with Crippen LogP contribution in [0, 0.1) is 35.5 Å². The van der Waals surface area contributed by atoms with Gasteiger partial charge in [0.15, 0.2) is 0 Å². The molecule has 13 heavy (non-hydrogen) atoms. The van der Waals surface area contributed by atoms with Crippen LogP contribution in [0.25, 0.3) is 0 Å². The minimum atomic E-state index is 1.08. The van der Waals surface area contributed by atoms with Gasteiger partial charge in [-0.25, -0.2) is 0 Å². The van der Waals surface area contributed by atoms with Crippen molar-refractivity contribution in [1.29, 1.82) is 0 Å². The number of fused-ring (bicyclic) bond motifs is 1. The Morgan fingerprint density at radius 1 is 1.00 bits per heavy atom. The number of rotatable bonds is 2. The molecule has 6 unspecified atom stereocenters. The van der Waals surface area contributed by atoms with Gasteiger partial charge in [-0.3, -0.25) is 0 Å². The molecule has 74 valence electrons. The molecule has 0 aromatic rings. The Kier molecular flexibility index (Phi) is 1.76. The summed E-state index contributed by atoms with van der Waals surface area (Å²) in [6, 6.07) is 0. The Bertz CT molecular complexity index is 208. The van der Waals surface area contributed by atoms with E-state index in [1.165, 1.54) is 24.7 Å². The molecule has 0 saturated heterocycles. The van der Waals surface area contributed by atoms with Crippen molar-refractivity contribution in [3.05, 3.63) is 0 Å². The summed E-state index contributed by atoms with van der Waals surface area (Å²) >= 11 is 0. The van der Waals surface area contributed by atoms with Crippen LogP contribution in [0.1, 0.15) is 46.0 Å². The fourth-order valence-corrected chi connectivity index (χ4v) is 5.15. The predicted octanol–water partition coefficient (Wildman–Crippen LogP) is 3.71. The Labute approximate surface area is 82.1 Å². The summed E-state index contributed by atoms with van der Waals surface area (Å²) in [5.41, 5.74) is 0. The van der Waals surface area contributed by atoms with E-state index >= 15 is 0 Å². The lowest BCUT2D eigenvalue weighted by Gasteiger charge is -2.32. The molecule has 0 radical (unpaired) electrons. The van der Waals surface area contributed by atoms with Crippen molar-refractivity contribution in [2.45, 2.75) is 46.0 Å². The van der Waals surface area contributed by atoms with E-state index in [-0.39, 0.29) is 0 Å². The molecule has 0 heteroatoms. The monoisotopic (exact) mass is 178 g/mol. The second-order valence-corrected chi connectivity index (χ2v) is 5.78. The molecule has 3 aliphatic carbocycles. The maximum atomic E-state index is 2.54. The second kappa shape index (κ2) is 2.74. The van der Waals surface area contributed by atoms with E-state index in [9.17, 15) is 0 Å². The predicted molar refractivity (Wildman–Crippen MR) is 55.4 cm³/mol. The lowest BCUT2D eigenvalue weighted by molar-refractivity contribution is 0.156. The maximum absolute atomic E-state index is 2.54. The van der Waals surface area contributed by atoms with Crippen LogP contribution in [0.4, 0.5) is 0 Å². The first-order valence-electron chi connectivity index (χ1n) is 6.33. The quantitative estimate of drug-likeness (QED) is 0.604. The minimum absolute atomic E-state index is 1.08. The lowest BCUT2D eigenvalue weighted by atomic mass is 9.72. The fraction of sp³-hybridized carbons (Fsp3) is 1.00. The Morgan fingerprint density at radius 2 is 1.77 bits per heavy atom. The van der Waals surface area contributed by atoms with Crippen LogP contribution in [-0.4, -0.2) is 0 Å². The van der Waals surface area contributed by atoms with E-state index in [4.69, 9.17) is 0 Å². The van der Waals surface area contributed by atoms with Gasteiger partial charge < -0.3 is 0 Å². The zero-order valence-corrected chi connectivity index (χ0v) is 9.00. The summed E-state index contributed by atoms with van der Waals surface area (Å²) in [7, 11) is 0. The van der Waals surface area contributed by atoms with Crippen molar-refractivity contribution in [3.63, 3.8) is 0 Å². The molecule has 0 aromatic heterocycles. The zero-order chi connectivity index (χ0) is 9.00. The molecular weight excluding hydrogens is 156 g/mol. The SMILES string of the molecule is CCCC1C2CC3C(CCC13)C2C. The van der Waals surface area contributed by atoms with Crippen molar-refractivity contribution in [1.82, 2.24) is 0 Å². The standard InChI is InChI=1S/C13H22/c1-3-4-10-11-6-5-9-8(2)12(10)7-13(9)11/h8-13H,3-7H2,1-2H3. The van der Waals surface area contributed by atoms with E-state index in [1.807, 2.05) is 0 Å². The molecule has 0 aromatic carbocycles. The van der Waals surface area contributed by atoms with Crippen molar-refractivity contribution >= 4 is 0 Å². The van der Waals surface area contributed by atoms with Gasteiger partial charge in [-0.1, -0.05) is 26.7 Å². The van der Waals surface area contributed by atoms with Gasteiger partial charge in [-0.05, 0) is 54.8 Å². The van der Waals surface area contributed by atoms with Gasteiger partial charge in [0, 0.05) is 0 Å². The van der Waals surface area contributed by atoms with Gasteiger partial charge >= 0.3 is 0 Å². The molecule has 0 N–H and O–H groups in total. The van der Waals surface area contributed by atoms with Crippen molar-refractivity contribution in [2.75, 3.05) is 0 Å². The molecule has 3 aliphatic rings. The van der Waals surface area contributed by atoms with Crippen LogP contribution in [0.3, 0.4) is 0 Å².